The van der Waals surface area contributed by atoms with Gasteiger partial charge in [0.05, 0.1) is 5.69 Å². The van der Waals surface area contributed by atoms with Crippen molar-refractivity contribution in [3.05, 3.63) is 48.5 Å². The molecule has 0 saturated carbocycles. The first-order valence-corrected chi connectivity index (χ1v) is 7.68. The van der Waals surface area contributed by atoms with Crippen LogP contribution in [0.25, 0.3) is 0 Å². The number of aromatic nitrogens is 2. The summed E-state index contributed by atoms with van der Waals surface area (Å²) in [6.07, 6.45) is 4.82. The minimum atomic E-state index is -3.49. The Balaban J connectivity index is 2.21. The lowest BCUT2D eigenvalue weighted by Gasteiger charge is -2.12. The molecule has 0 fully saturated rings. The van der Waals surface area contributed by atoms with Crippen LogP contribution in [0.4, 0.5) is 5.69 Å². The summed E-state index contributed by atoms with van der Waals surface area (Å²) in [6, 6.07) is 6.78. The van der Waals surface area contributed by atoms with Crippen molar-refractivity contribution in [1.82, 2.24) is 14.7 Å². The highest BCUT2D eigenvalue weighted by Gasteiger charge is 2.16. The van der Waals surface area contributed by atoms with Crippen molar-refractivity contribution in [2.24, 2.45) is 0 Å². The van der Waals surface area contributed by atoms with E-state index in [1.165, 1.54) is 6.33 Å². The highest BCUT2D eigenvalue weighted by Crippen LogP contribution is 2.21. The number of para-hydroxylation sites is 1. The predicted octanol–water partition coefficient (Wildman–Crippen LogP) is 1.39. The Hall–Kier alpha value is -1.99. The van der Waals surface area contributed by atoms with Crippen LogP contribution >= 0.6 is 0 Å². The molecule has 1 heterocycles. The molecule has 0 bridgehead atoms. The molecule has 0 radical (unpaired) electrons. The lowest BCUT2D eigenvalue weighted by atomic mass is 10.3. The summed E-state index contributed by atoms with van der Waals surface area (Å²) in [4.78, 5) is 8.07. The second-order valence-corrected chi connectivity index (χ2v) is 5.83. The highest BCUT2D eigenvalue weighted by molar-refractivity contribution is 7.89. The molecule has 0 unspecified atom stereocenters. The first-order valence-electron chi connectivity index (χ1n) is 6.20. The summed E-state index contributed by atoms with van der Waals surface area (Å²) in [5.74, 6) is 0. The first-order chi connectivity index (χ1) is 9.63. The molecular formula is C13H16N4O2S. The van der Waals surface area contributed by atoms with Crippen molar-refractivity contribution >= 4 is 15.7 Å². The smallest absolute Gasteiger partial charge is 0.242 e. The number of benzene rings is 1. The minimum Gasteiger partial charge on any atom is -0.380 e. The Kier molecular flexibility index (Phi) is 4.65. The Bertz CT molecular complexity index is 659. The van der Waals surface area contributed by atoms with Gasteiger partial charge in [-0.05, 0) is 12.1 Å². The normalized spacial score (nSPS) is 11.2. The predicted molar refractivity (Wildman–Crippen MR) is 76.7 cm³/mol. The number of hydrogen-bond acceptors (Lipinski definition) is 5. The molecule has 0 atom stereocenters. The monoisotopic (exact) mass is 292 g/mol. The zero-order chi connectivity index (χ0) is 14.4. The Morgan fingerprint density at radius 3 is 2.55 bits per heavy atom. The summed E-state index contributed by atoms with van der Waals surface area (Å²) in [5, 5.41) is 3.09. The van der Waals surface area contributed by atoms with E-state index in [2.05, 4.69) is 20.0 Å². The summed E-state index contributed by atoms with van der Waals surface area (Å²) in [6.45, 7) is 2.55. The van der Waals surface area contributed by atoms with Crippen LogP contribution in [0.1, 0.15) is 12.5 Å². The quantitative estimate of drug-likeness (QED) is 0.840. The largest absolute Gasteiger partial charge is 0.380 e. The van der Waals surface area contributed by atoms with Gasteiger partial charge in [-0.3, -0.25) is 0 Å². The minimum absolute atomic E-state index is 0.235. The molecule has 106 valence electrons. The molecule has 1 aromatic carbocycles. The van der Waals surface area contributed by atoms with Crippen LogP contribution in [0.5, 0.6) is 0 Å². The molecule has 2 aromatic rings. The molecule has 1 aromatic heterocycles. The molecule has 0 aliphatic rings. The van der Waals surface area contributed by atoms with Crippen LogP contribution < -0.4 is 10.0 Å². The zero-order valence-electron chi connectivity index (χ0n) is 11.1. The second-order valence-electron chi connectivity index (χ2n) is 4.10. The van der Waals surface area contributed by atoms with Gasteiger partial charge < -0.3 is 5.32 Å². The van der Waals surface area contributed by atoms with Gasteiger partial charge in [0.25, 0.3) is 0 Å². The van der Waals surface area contributed by atoms with E-state index in [1.54, 1.807) is 43.6 Å². The standard InChI is InChI=1S/C13H16N4O2S/c1-2-17-20(18,19)13-6-4-3-5-12(13)16-9-11-7-14-10-15-8-11/h3-8,10,16-17H,2,9H2,1H3. The molecule has 2 N–H and O–H groups in total. The number of rotatable bonds is 6. The first kappa shape index (κ1) is 14.4. The van der Waals surface area contributed by atoms with Gasteiger partial charge in [0.2, 0.25) is 10.0 Å². The summed E-state index contributed by atoms with van der Waals surface area (Å²) in [7, 11) is -3.49. The van der Waals surface area contributed by atoms with Crippen LogP contribution in [0.3, 0.4) is 0 Å². The fraction of sp³-hybridized carbons (Fsp3) is 0.231. The summed E-state index contributed by atoms with van der Waals surface area (Å²) in [5.41, 5.74) is 1.43. The van der Waals surface area contributed by atoms with E-state index in [4.69, 9.17) is 0 Å². The van der Waals surface area contributed by atoms with E-state index < -0.39 is 10.0 Å². The fourth-order valence-corrected chi connectivity index (χ4v) is 2.96. The lowest BCUT2D eigenvalue weighted by Crippen LogP contribution is -2.24. The van der Waals surface area contributed by atoms with Gasteiger partial charge in [-0.1, -0.05) is 19.1 Å². The number of sulfonamides is 1. The van der Waals surface area contributed by atoms with Gasteiger partial charge in [-0.25, -0.2) is 23.1 Å². The van der Waals surface area contributed by atoms with E-state index in [0.717, 1.165) is 5.56 Å². The van der Waals surface area contributed by atoms with Crippen molar-refractivity contribution in [1.29, 1.82) is 0 Å². The number of nitrogens with one attached hydrogen (secondary N) is 2. The van der Waals surface area contributed by atoms with Crippen molar-refractivity contribution in [3.63, 3.8) is 0 Å². The third-order valence-corrected chi connectivity index (χ3v) is 4.21. The van der Waals surface area contributed by atoms with E-state index in [-0.39, 0.29) is 4.90 Å². The molecular weight excluding hydrogens is 276 g/mol. The van der Waals surface area contributed by atoms with E-state index in [1.807, 2.05) is 0 Å². The third kappa shape index (κ3) is 3.52. The average Bonchev–Trinajstić information content (AvgIpc) is 2.46. The van der Waals surface area contributed by atoms with Gasteiger partial charge >= 0.3 is 0 Å². The Labute approximate surface area is 118 Å². The summed E-state index contributed by atoms with van der Waals surface area (Å²) < 4.78 is 26.7. The molecule has 6 nitrogen and oxygen atoms in total. The van der Waals surface area contributed by atoms with Crippen LogP contribution in [-0.2, 0) is 16.6 Å². The molecule has 0 aliphatic carbocycles. The molecule has 0 saturated heterocycles. The molecule has 0 spiro atoms. The van der Waals surface area contributed by atoms with Gasteiger partial charge in [0.15, 0.2) is 0 Å². The van der Waals surface area contributed by atoms with E-state index in [9.17, 15) is 8.42 Å². The third-order valence-electron chi connectivity index (χ3n) is 2.61. The molecule has 20 heavy (non-hydrogen) atoms. The zero-order valence-corrected chi connectivity index (χ0v) is 11.9. The van der Waals surface area contributed by atoms with Crippen molar-refractivity contribution in [2.45, 2.75) is 18.4 Å². The Morgan fingerprint density at radius 2 is 1.85 bits per heavy atom. The van der Waals surface area contributed by atoms with Crippen molar-refractivity contribution in [2.75, 3.05) is 11.9 Å². The lowest BCUT2D eigenvalue weighted by molar-refractivity contribution is 0.584. The maximum atomic E-state index is 12.1. The number of anilines is 1. The van der Waals surface area contributed by atoms with E-state index in [0.29, 0.717) is 18.8 Å². The van der Waals surface area contributed by atoms with Crippen LogP contribution in [0.2, 0.25) is 0 Å². The van der Waals surface area contributed by atoms with Gasteiger partial charge in [-0.2, -0.15) is 0 Å². The second kappa shape index (κ2) is 6.44. The fourth-order valence-electron chi connectivity index (χ4n) is 1.73. The number of nitrogens with zero attached hydrogens (tertiary/aromatic N) is 2. The van der Waals surface area contributed by atoms with Gasteiger partial charge in [-0.15, -0.1) is 0 Å². The Morgan fingerprint density at radius 1 is 1.15 bits per heavy atom. The van der Waals surface area contributed by atoms with Crippen LogP contribution in [-0.4, -0.2) is 24.9 Å². The average molecular weight is 292 g/mol. The SMILES string of the molecule is CCNS(=O)(=O)c1ccccc1NCc1cncnc1. The molecule has 2 rings (SSSR count). The van der Waals surface area contributed by atoms with E-state index >= 15 is 0 Å². The van der Waals surface area contributed by atoms with Crippen LogP contribution in [0, 0.1) is 0 Å². The molecule has 0 aliphatic heterocycles. The maximum absolute atomic E-state index is 12.1. The molecule has 7 heteroatoms. The van der Waals surface area contributed by atoms with Crippen molar-refractivity contribution < 1.29 is 8.42 Å². The topological polar surface area (TPSA) is 84.0 Å². The van der Waals surface area contributed by atoms with Gasteiger partial charge in [0, 0.05) is 31.0 Å². The van der Waals surface area contributed by atoms with Crippen molar-refractivity contribution in [3.8, 4) is 0 Å². The summed E-state index contributed by atoms with van der Waals surface area (Å²) >= 11 is 0. The van der Waals surface area contributed by atoms with Crippen LogP contribution in [0.15, 0.2) is 47.9 Å². The number of hydrogen-bond donors (Lipinski definition) is 2. The van der Waals surface area contributed by atoms with Gasteiger partial charge in [0.1, 0.15) is 11.2 Å². The molecule has 0 amide bonds. The highest BCUT2D eigenvalue weighted by atomic mass is 32.2. The maximum Gasteiger partial charge on any atom is 0.242 e.